The SMILES string of the molecule is COc1cc2oc(-c3cc(-c4cc(-c5nc6cc(C)c(OC)cc6o5)cc(-c5nc6cc(C)c(OC)cc6o5)c4)cc(-c4nc5cc(C)c(OC)cc5o4)c3)nc2cc1C. The van der Waals surface area contributed by atoms with Gasteiger partial charge in [0.1, 0.15) is 45.1 Å². The summed E-state index contributed by atoms with van der Waals surface area (Å²) in [6.07, 6.45) is 0. The van der Waals surface area contributed by atoms with E-state index in [-0.39, 0.29) is 0 Å². The molecule has 0 saturated carbocycles. The number of aromatic nitrogens is 4. The summed E-state index contributed by atoms with van der Waals surface area (Å²) in [5.41, 5.74) is 13.4. The molecule has 0 unspecified atom stereocenters. The highest BCUT2D eigenvalue weighted by atomic mass is 16.5. The average molecular weight is 799 g/mol. The number of nitrogens with zero attached hydrogens (tertiary/aromatic N) is 4. The van der Waals surface area contributed by atoms with E-state index in [1.165, 1.54) is 0 Å². The van der Waals surface area contributed by atoms with Gasteiger partial charge in [0.05, 0.1) is 28.4 Å². The molecule has 0 radical (unpaired) electrons. The van der Waals surface area contributed by atoms with Crippen LogP contribution in [0.5, 0.6) is 23.0 Å². The molecule has 298 valence electrons. The predicted molar refractivity (Wildman–Crippen MR) is 229 cm³/mol. The Bertz CT molecular complexity index is 2900. The van der Waals surface area contributed by atoms with E-state index in [9.17, 15) is 0 Å². The van der Waals surface area contributed by atoms with Crippen LogP contribution in [0.15, 0.2) is 103 Å². The minimum Gasteiger partial charge on any atom is -0.496 e. The van der Waals surface area contributed by atoms with Crippen molar-refractivity contribution in [3.8, 4) is 79.9 Å². The molecule has 10 aromatic rings. The van der Waals surface area contributed by atoms with Crippen LogP contribution in [0.4, 0.5) is 0 Å². The Morgan fingerprint density at radius 1 is 0.300 bits per heavy atom. The van der Waals surface area contributed by atoms with Gasteiger partial charge in [0.15, 0.2) is 22.3 Å². The monoisotopic (exact) mass is 798 g/mol. The minimum absolute atomic E-state index is 0.414. The number of ether oxygens (including phenoxy) is 4. The standard InChI is InChI=1S/C48H38N4O8/c1-23-9-33-41(19-37(23)53-5)57-45(49-33)29-13-27(14-30(17-29)46-50-34-10-24(2)38(54-6)20-42(34)58-46)28-15-31(47-51-35-11-25(3)39(55-7)21-43(35)59-47)18-32(16-28)48-52-36-12-26(4)40(56-8)22-44(36)60-48/h9-22H,1-8H3. The van der Waals surface area contributed by atoms with E-state index < -0.39 is 0 Å². The fourth-order valence-electron chi connectivity index (χ4n) is 7.69. The van der Waals surface area contributed by atoms with Crippen molar-refractivity contribution in [1.29, 1.82) is 0 Å². The molecule has 12 heteroatoms. The summed E-state index contributed by atoms with van der Waals surface area (Å²) in [4.78, 5) is 19.7. The molecule has 4 aromatic heterocycles. The smallest absolute Gasteiger partial charge is 0.227 e. The molecule has 6 aromatic carbocycles. The van der Waals surface area contributed by atoms with Gasteiger partial charge in [0.2, 0.25) is 23.6 Å². The molecule has 0 saturated heterocycles. The maximum absolute atomic E-state index is 6.42. The molecule has 0 aliphatic heterocycles. The Kier molecular flexibility index (Phi) is 8.60. The molecule has 0 aliphatic carbocycles. The lowest BCUT2D eigenvalue weighted by atomic mass is 9.96. The van der Waals surface area contributed by atoms with Crippen molar-refractivity contribution in [2.24, 2.45) is 0 Å². The second-order valence-corrected chi connectivity index (χ2v) is 14.8. The first-order chi connectivity index (χ1) is 29.1. The van der Waals surface area contributed by atoms with Crippen LogP contribution in [0, 0.1) is 27.7 Å². The molecule has 0 bridgehead atoms. The van der Waals surface area contributed by atoms with Gasteiger partial charge in [0.25, 0.3) is 0 Å². The fourth-order valence-corrected chi connectivity index (χ4v) is 7.69. The van der Waals surface area contributed by atoms with Gasteiger partial charge in [-0.2, -0.15) is 0 Å². The predicted octanol–water partition coefficient (Wildman–Crippen LogP) is 11.9. The van der Waals surface area contributed by atoms with Gasteiger partial charge in [-0.05, 0) is 122 Å². The molecule has 0 N–H and O–H groups in total. The van der Waals surface area contributed by atoms with Crippen molar-refractivity contribution in [3.63, 3.8) is 0 Å². The van der Waals surface area contributed by atoms with Gasteiger partial charge in [-0.15, -0.1) is 0 Å². The topological polar surface area (TPSA) is 141 Å². The van der Waals surface area contributed by atoms with E-state index in [0.29, 0.717) is 113 Å². The number of hydrogen-bond donors (Lipinski definition) is 0. The summed E-state index contributed by atoms with van der Waals surface area (Å²) in [5, 5.41) is 0. The number of oxazole rings is 4. The fraction of sp³-hybridized carbons (Fsp3) is 0.167. The number of benzene rings is 6. The third-order valence-electron chi connectivity index (χ3n) is 10.8. The lowest BCUT2D eigenvalue weighted by Crippen LogP contribution is -1.89. The third-order valence-corrected chi connectivity index (χ3v) is 10.8. The van der Waals surface area contributed by atoms with Crippen LogP contribution in [0.25, 0.3) is 101 Å². The van der Waals surface area contributed by atoms with Crippen molar-refractivity contribution in [3.05, 3.63) is 107 Å². The van der Waals surface area contributed by atoms with Gasteiger partial charge in [-0.25, -0.2) is 19.9 Å². The van der Waals surface area contributed by atoms with Crippen molar-refractivity contribution in [2.75, 3.05) is 28.4 Å². The first kappa shape index (κ1) is 36.7. The summed E-state index contributed by atoms with van der Waals surface area (Å²) in [7, 11) is 6.55. The summed E-state index contributed by atoms with van der Waals surface area (Å²) < 4.78 is 48.0. The number of hydrogen-bond acceptors (Lipinski definition) is 12. The quantitative estimate of drug-likeness (QED) is 0.137. The molecule has 0 fully saturated rings. The molecule has 60 heavy (non-hydrogen) atoms. The van der Waals surface area contributed by atoms with Gasteiger partial charge in [-0.1, -0.05) is 0 Å². The van der Waals surface area contributed by atoms with E-state index in [2.05, 4.69) is 0 Å². The van der Waals surface area contributed by atoms with E-state index in [1.54, 1.807) is 28.4 Å². The van der Waals surface area contributed by atoms with Crippen LogP contribution < -0.4 is 18.9 Å². The molecule has 0 amide bonds. The Labute approximate surface area is 343 Å². The molecule has 4 heterocycles. The lowest BCUT2D eigenvalue weighted by molar-refractivity contribution is 0.411. The van der Waals surface area contributed by atoms with Crippen molar-refractivity contribution >= 4 is 44.4 Å². The second-order valence-electron chi connectivity index (χ2n) is 14.8. The van der Waals surface area contributed by atoms with E-state index in [0.717, 1.165) is 33.4 Å². The summed E-state index contributed by atoms with van der Waals surface area (Å²) in [6, 6.07) is 27.3. The van der Waals surface area contributed by atoms with Crippen molar-refractivity contribution < 1.29 is 36.6 Å². The highest BCUT2D eigenvalue weighted by Crippen LogP contribution is 2.41. The number of rotatable bonds is 9. The van der Waals surface area contributed by atoms with E-state index in [1.807, 2.05) is 113 Å². The lowest BCUT2D eigenvalue weighted by Gasteiger charge is -2.10. The van der Waals surface area contributed by atoms with Crippen LogP contribution in [-0.4, -0.2) is 48.4 Å². The Morgan fingerprint density at radius 2 is 0.517 bits per heavy atom. The molecule has 10 rings (SSSR count). The Hall–Kier alpha value is -7.60. The number of fused-ring (bicyclic) bond motifs is 4. The van der Waals surface area contributed by atoms with Crippen LogP contribution >= 0.6 is 0 Å². The first-order valence-electron chi connectivity index (χ1n) is 19.2. The van der Waals surface area contributed by atoms with Gasteiger partial charge < -0.3 is 36.6 Å². The molecule has 0 aliphatic rings. The van der Waals surface area contributed by atoms with Crippen LogP contribution in [0.2, 0.25) is 0 Å². The zero-order chi connectivity index (χ0) is 41.4. The van der Waals surface area contributed by atoms with Gasteiger partial charge in [-0.3, -0.25) is 0 Å². The number of methoxy groups -OCH3 is 4. The van der Waals surface area contributed by atoms with Crippen molar-refractivity contribution in [1.82, 2.24) is 19.9 Å². The summed E-state index contributed by atoms with van der Waals surface area (Å²) in [6.45, 7) is 7.90. The Morgan fingerprint density at radius 3 is 0.733 bits per heavy atom. The largest absolute Gasteiger partial charge is 0.496 e. The van der Waals surface area contributed by atoms with Gasteiger partial charge >= 0.3 is 0 Å². The second kappa shape index (κ2) is 14.0. The molecule has 0 spiro atoms. The van der Waals surface area contributed by atoms with Crippen LogP contribution in [0.3, 0.4) is 0 Å². The van der Waals surface area contributed by atoms with Crippen molar-refractivity contribution in [2.45, 2.75) is 27.7 Å². The summed E-state index contributed by atoms with van der Waals surface area (Å²) >= 11 is 0. The summed E-state index contributed by atoms with van der Waals surface area (Å²) in [5.74, 6) is 4.50. The van der Waals surface area contributed by atoms with Crippen LogP contribution in [-0.2, 0) is 0 Å². The molecule has 0 atom stereocenters. The van der Waals surface area contributed by atoms with Gasteiger partial charge in [0, 0.05) is 46.5 Å². The third kappa shape index (κ3) is 6.24. The highest BCUT2D eigenvalue weighted by molar-refractivity contribution is 5.88. The van der Waals surface area contributed by atoms with Crippen LogP contribution in [0.1, 0.15) is 22.3 Å². The normalized spacial score (nSPS) is 11.7. The number of aryl methyl sites for hydroxylation is 4. The molecular weight excluding hydrogens is 761 g/mol. The minimum atomic E-state index is 0.414. The highest BCUT2D eigenvalue weighted by Gasteiger charge is 2.21. The molecule has 12 nitrogen and oxygen atoms in total. The van der Waals surface area contributed by atoms with E-state index in [4.69, 9.17) is 56.6 Å². The molecular formula is C48H38N4O8. The maximum Gasteiger partial charge on any atom is 0.227 e. The average Bonchev–Trinajstić information content (AvgIpc) is 4.06. The zero-order valence-corrected chi connectivity index (χ0v) is 34.1. The van der Waals surface area contributed by atoms with E-state index >= 15 is 0 Å². The maximum atomic E-state index is 6.42. The first-order valence-corrected chi connectivity index (χ1v) is 19.2. The Balaban J connectivity index is 1.20. The zero-order valence-electron chi connectivity index (χ0n) is 34.1.